The molecular weight excluding hydrogens is 320 g/mol. The van der Waals surface area contributed by atoms with Crippen LogP contribution >= 0.6 is 0 Å². The number of piperidine rings is 1. The molecule has 0 bridgehead atoms. The smallest absolute Gasteiger partial charge is 0.308 e. The van der Waals surface area contributed by atoms with Crippen molar-refractivity contribution in [3.05, 3.63) is 0 Å². The van der Waals surface area contributed by atoms with Gasteiger partial charge in [0, 0.05) is 19.1 Å². The lowest BCUT2D eigenvalue weighted by Gasteiger charge is -2.36. The molecule has 0 aromatic carbocycles. The van der Waals surface area contributed by atoms with E-state index >= 15 is 0 Å². The molecule has 1 saturated heterocycles. The van der Waals surface area contributed by atoms with Crippen LogP contribution < -0.4 is 4.72 Å². The first-order chi connectivity index (χ1) is 9.60. The molecule has 8 nitrogen and oxygen atoms in total. The number of carboxylic acids is 1. The van der Waals surface area contributed by atoms with Gasteiger partial charge >= 0.3 is 5.97 Å². The first kappa shape index (κ1) is 18.3. The highest BCUT2D eigenvalue weighted by Gasteiger charge is 2.38. The Balaban J connectivity index is 2.71. The average molecular weight is 342 g/mol. The van der Waals surface area contributed by atoms with Crippen molar-refractivity contribution in [1.29, 1.82) is 0 Å². The van der Waals surface area contributed by atoms with Gasteiger partial charge in [0.25, 0.3) is 0 Å². The molecule has 0 aromatic heterocycles. The number of rotatable bonds is 7. The normalized spacial score (nSPS) is 24.9. The summed E-state index contributed by atoms with van der Waals surface area (Å²) >= 11 is 0. The lowest BCUT2D eigenvalue weighted by atomic mass is 9.92. The Morgan fingerprint density at radius 1 is 1.33 bits per heavy atom. The number of aliphatic carboxylic acids is 1. The summed E-state index contributed by atoms with van der Waals surface area (Å²) in [6, 6.07) is -0.621. The van der Waals surface area contributed by atoms with Crippen molar-refractivity contribution >= 4 is 26.0 Å². The van der Waals surface area contributed by atoms with E-state index in [9.17, 15) is 21.6 Å². The molecule has 0 radical (unpaired) electrons. The van der Waals surface area contributed by atoms with Gasteiger partial charge in [0.2, 0.25) is 20.0 Å². The van der Waals surface area contributed by atoms with Crippen LogP contribution in [0.5, 0.6) is 0 Å². The molecule has 0 amide bonds. The Morgan fingerprint density at radius 2 is 1.95 bits per heavy atom. The highest BCUT2D eigenvalue weighted by atomic mass is 32.2. The fraction of sp³-hybridized carbons (Fsp3) is 0.909. The van der Waals surface area contributed by atoms with Crippen LogP contribution in [-0.4, -0.2) is 62.9 Å². The summed E-state index contributed by atoms with van der Waals surface area (Å²) in [5.74, 6) is -2.22. The van der Waals surface area contributed by atoms with Crippen molar-refractivity contribution in [3.8, 4) is 0 Å². The molecule has 0 unspecified atom stereocenters. The van der Waals surface area contributed by atoms with E-state index in [4.69, 9.17) is 5.11 Å². The number of nitrogens with zero attached hydrogens (tertiary/aromatic N) is 1. The molecule has 1 aliphatic rings. The fourth-order valence-corrected chi connectivity index (χ4v) is 4.78. The molecule has 1 heterocycles. The van der Waals surface area contributed by atoms with Crippen LogP contribution in [0.15, 0.2) is 0 Å². The Bertz CT molecular complexity index is 572. The number of carboxylic acid groups (broad SMARTS) is 1. The largest absolute Gasteiger partial charge is 0.481 e. The second-order valence-electron chi connectivity index (χ2n) is 5.05. The standard InChI is InChI=1S/C11H22N2O6S2/c1-3-20(16,17)12-6-8-21(18,19)13-7-4-5-10(9(13)2)11(14)15/h9-10,12H,3-8H2,1-2H3,(H,14,15)/t9-,10-/m0/s1. The first-order valence-corrected chi connectivity index (χ1v) is 10.1. The van der Waals surface area contributed by atoms with Gasteiger partial charge in [-0.3, -0.25) is 4.79 Å². The quantitative estimate of drug-likeness (QED) is 0.640. The van der Waals surface area contributed by atoms with Crippen LogP contribution in [0.1, 0.15) is 26.7 Å². The molecule has 2 N–H and O–H groups in total. The van der Waals surface area contributed by atoms with Gasteiger partial charge in [-0.25, -0.2) is 21.6 Å². The maximum Gasteiger partial charge on any atom is 0.308 e. The zero-order valence-corrected chi connectivity index (χ0v) is 13.8. The van der Waals surface area contributed by atoms with Crippen molar-refractivity contribution in [1.82, 2.24) is 9.03 Å². The van der Waals surface area contributed by atoms with Gasteiger partial charge in [0.05, 0.1) is 17.4 Å². The molecule has 0 spiro atoms. The molecule has 124 valence electrons. The SMILES string of the molecule is CCS(=O)(=O)NCCS(=O)(=O)N1CCC[C@H](C(=O)O)[C@@H]1C. The number of sulfonamides is 2. The highest BCUT2D eigenvalue weighted by molar-refractivity contribution is 7.90. The predicted octanol–water partition coefficient (Wildman–Crippen LogP) is -0.559. The van der Waals surface area contributed by atoms with Gasteiger partial charge in [-0.2, -0.15) is 4.31 Å². The number of hydrogen-bond donors (Lipinski definition) is 2. The molecule has 10 heteroatoms. The van der Waals surface area contributed by atoms with Crippen LogP contribution in [0.2, 0.25) is 0 Å². The van der Waals surface area contributed by atoms with E-state index in [0.29, 0.717) is 12.8 Å². The number of nitrogens with one attached hydrogen (secondary N) is 1. The number of hydrogen-bond acceptors (Lipinski definition) is 5. The summed E-state index contributed by atoms with van der Waals surface area (Å²) < 4.78 is 50.4. The third-order valence-corrected chi connectivity index (χ3v) is 7.02. The van der Waals surface area contributed by atoms with Crippen molar-refractivity contribution in [2.75, 3.05) is 24.6 Å². The first-order valence-electron chi connectivity index (χ1n) is 6.80. The van der Waals surface area contributed by atoms with Gasteiger partial charge < -0.3 is 5.11 Å². The average Bonchev–Trinajstić information content (AvgIpc) is 2.37. The summed E-state index contributed by atoms with van der Waals surface area (Å²) in [5.41, 5.74) is 0. The van der Waals surface area contributed by atoms with Gasteiger partial charge in [-0.15, -0.1) is 0 Å². The minimum atomic E-state index is -3.69. The van der Waals surface area contributed by atoms with Crippen molar-refractivity contribution in [3.63, 3.8) is 0 Å². The second-order valence-corrected chi connectivity index (χ2v) is 9.19. The van der Waals surface area contributed by atoms with Crippen LogP contribution in [0.25, 0.3) is 0 Å². The molecular formula is C11H22N2O6S2. The Labute approximate surface area is 125 Å². The van der Waals surface area contributed by atoms with Gasteiger partial charge in [-0.1, -0.05) is 0 Å². The Kier molecular flexibility index (Phi) is 6.14. The van der Waals surface area contributed by atoms with Crippen molar-refractivity contribution in [2.24, 2.45) is 5.92 Å². The molecule has 0 aromatic rings. The monoisotopic (exact) mass is 342 g/mol. The van der Waals surface area contributed by atoms with E-state index in [1.54, 1.807) is 6.92 Å². The van der Waals surface area contributed by atoms with Crippen molar-refractivity contribution < 1.29 is 26.7 Å². The van der Waals surface area contributed by atoms with Crippen molar-refractivity contribution in [2.45, 2.75) is 32.7 Å². The lowest BCUT2D eigenvalue weighted by molar-refractivity contribution is -0.144. The van der Waals surface area contributed by atoms with E-state index in [1.807, 2.05) is 0 Å². The summed E-state index contributed by atoms with van der Waals surface area (Å²) in [5, 5.41) is 9.09. The molecule has 1 fully saturated rings. The molecule has 21 heavy (non-hydrogen) atoms. The van der Waals surface area contributed by atoms with E-state index < -0.39 is 38.0 Å². The third kappa shape index (κ3) is 4.90. The van der Waals surface area contributed by atoms with Gasteiger partial charge in [0.1, 0.15) is 0 Å². The molecule has 2 atom stereocenters. The van der Waals surface area contributed by atoms with E-state index in [1.165, 1.54) is 11.2 Å². The topological polar surface area (TPSA) is 121 Å². The van der Waals surface area contributed by atoms with E-state index in [-0.39, 0.29) is 24.6 Å². The summed E-state index contributed by atoms with van der Waals surface area (Å²) in [6.45, 7) is 3.10. The maximum absolute atomic E-state index is 12.2. The van der Waals surface area contributed by atoms with Crippen LogP contribution in [0.4, 0.5) is 0 Å². The third-order valence-electron chi connectivity index (χ3n) is 3.67. The molecule has 1 aliphatic heterocycles. The Morgan fingerprint density at radius 3 is 2.48 bits per heavy atom. The zero-order chi connectivity index (χ0) is 16.3. The second kappa shape index (κ2) is 7.03. The fourth-order valence-electron chi connectivity index (χ4n) is 2.38. The summed E-state index contributed by atoms with van der Waals surface area (Å²) in [6.07, 6.45) is 0.937. The predicted molar refractivity (Wildman–Crippen MR) is 77.8 cm³/mol. The summed E-state index contributed by atoms with van der Waals surface area (Å²) in [7, 11) is -7.12. The van der Waals surface area contributed by atoms with E-state index in [0.717, 1.165) is 0 Å². The zero-order valence-electron chi connectivity index (χ0n) is 12.1. The summed E-state index contributed by atoms with van der Waals surface area (Å²) in [4.78, 5) is 11.1. The molecule has 1 rings (SSSR count). The highest BCUT2D eigenvalue weighted by Crippen LogP contribution is 2.26. The van der Waals surface area contributed by atoms with Crippen LogP contribution in [0, 0.1) is 5.92 Å². The van der Waals surface area contributed by atoms with Crippen LogP contribution in [-0.2, 0) is 24.8 Å². The van der Waals surface area contributed by atoms with Gasteiger partial charge in [0.15, 0.2) is 0 Å². The number of carbonyl (C=O) groups is 1. The molecule has 0 saturated carbocycles. The molecule has 0 aliphatic carbocycles. The van der Waals surface area contributed by atoms with Crippen LogP contribution in [0.3, 0.4) is 0 Å². The maximum atomic E-state index is 12.2. The van der Waals surface area contributed by atoms with Gasteiger partial charge in [-0.05, 0) is 26.7 Å². The Hall–Kier alpha value is -0.710. The lowest BCUT2D eigenvalue weighted by Crippen LogP contribution is -2.50. The minimum absolute atomic E-state index is 0.117. The van der Waals surface area contributed by atoms with E-state index in [2.05, 4.69) is 4.72 Å². The minimum Gasteiger partial charge on any atom is -0.481 e.